The number of fused-ring (bicyclic) bond motifs is 1. The summed E-state index contributed by atoms with van der Waals surface area (Å²) in [5.74, 6) is -0.758. The van der Waals surface area contributed by atoms with Crippen molar-refractivity contribution < 1.29 is 9.90 Å². The number of carbonyl (C=O) groups is 1. The van der Waals surface area contributed by atoms with E-state index in [-0.39, 0.29) is 11.8 Å². The fourth-order valence-electron chi connectivity index (χ4n) is 2.51. The smallest absolute Gasteiger partial charge is 0.307 e. The minimum absolute atomic E-state index is 0.160. The summed E-state index contributed by atoms with van der Waals surface area (Å²) in [5.41, 5.74) is 2.92. The van der Waals surface area contributed by atoms with Crippen molar-refractivity contribution in [1.29, 1.82) is 0 Å². The van der Waals surface area contributed by atoms with Crippen LogP contribution in [0.15, 0.2) is 35.7 Å². The highest BCUT2D eigenvalue weighted by atomic mass is 32.1. The number of nitrogens with zero attached hydrogens (tertiary/aromatic N) is 3. The molecule has 0 saturated heterocycles. The lowest BCUT2D eigenvalue weighted by Gasteiger charge is -1.96. The van der Waals surface area contributed by atoms with Crippen LogP contribution in [0.25, 0.3) is 16.0 Å². The van der Waals surface area contributed by atoms with Gasteiger partial charge < -0.3 is 5.11 Å². The van der Waals surface area contributed by atoms with Crippen molar-refractivity contribution >= 4 is 28.3 Å². The number of rotatable bonds is 3. The van der Waals surface area contributed by atoms with E-state index in [1.165, 1.54) is 0 Å². The molecule has 20 heavy (non-hydrogen) atoms. The second-order valence-electron chi connectivity index (χ2n) is 5.00. The molecule has 6 heteroatoms. The second-order valence-corrected chi connectivity index (χ2v) is 5.88. The van der Waals surface area contributed by atoms with Crippen molar-refractivity contribution in [3.8, 4) is 5.00 Å². The molecule has 1 fully saturated rings. The average Bonchev–Trinajstić information content (AvgIpc) is 2.93. The topological polar surface area (TPSA) is 68.0 Å². The summed E-state index contributed by atoms with van der Waals surface area (Å²) in [5, 5.41) is 20.3. The molecule has 2 heterocycles. The van der Waals surface area contributed by atoms with Crippen LogP contribution in [0.2, 0.25) is 0 Å². The van der Waals surface area contributed by atoms with E-state index < -0.39 is 5.97 Å². The van der Waals surface area contributed by atoms with Crippen molar-refractivity contribution in [3.05, 3.63) is 41.3 Å². The zero-order chi connectivity index (χ0) is 13.7. The van der Waals surface area contributed by atoms with Gasteiger partial charge in [0.15, 0.2) is 0 Å². The van der Waals surface area contributed by atoms with Gasteiger partial charge in [-0.1, -0.05) is 17.3 Å². The highest BCUT2D eigenvalue weighted by molar-refractivity contribution is 7.12. The minimum Gasteiger partial charge on any atom is -0.481 e. The molecule has 3 aromatic rings. The Balaban J connectivity index is 1.70. The fraction of sp³-hybridized carbons (Fsp3) is 0.214. The van der Waals surface area contributed by atoms with Gasteiger partial charge in [-0.3, -0.25) is 4.79 Å². The zero-order valence-electron chi connectivity index (χ0n) is 10.4. The first kappa shape index (κ1) is 11.6. The number of benzene rings is 1. The van der Waals surface area contributed by atoms with Crippen molar-refractivity contribution in [3.63, 3.8) is 0 Å². The van der Waals surface area contributed by atoms with Gasteiger partial charge in [0.1, 0.15) is 10.5 Å². The molecule has 0 aliphatic heterocycles. The fourth-order valence-corrected chi connectivity index (χ4v) is 3.45. The summed E-state index contributed by atoms with van der Waals surface area (Å²) in [6, 6.07) is 9.82. The predicted molar refractivity (Wildman–Crippen MR) is 75.2 cm³/mol. The van der Waals surface area contributed by atoms with E-state index in [1.807, 2.05) is 40.4 Å². The van der Waals surface area contributed by atoms with Gasteiger partial charge in [0.25, 0.3) is 0 Å². The van der Waals surface area contributed by atoms with E-state index in [4.69, 9.17) is 5.11 Å². The summed E-state index contributed by atoms with van der Waals surface area (Å²) < 4.78 is 1.81. The van der Waals surface area contributed by atoms with E-state index in [9.17, 15) is 4.79 Å². The average molecular weight is 285 g/mol. The molecule has 1 saturated carbocycles. The number of para-hydroxylation sites is 1. The standard InChI is InChI=1S/C14H11N3O2S/c18-14(19)10-6-9(10)8-5-13(20-7-8)17-12-4-2-1-3-11(12)15-16-17/h1-5,7,9-10H,6H2,(H,18,19). The molecule has 2 atom stereocenters. The third-order valence-corrected chi connectivity index (χ3v) is 4.62. The monoisotopic (exact) mass is 285 g/mol. The van der Waals surface area contributed by atoms with Crippen molar-refractivity contribution in [2.24, 2.45) is 5.92 Å². The Bertz CT molecular complexity index is 807. The molecule has 4 rings (SSSR count). The van der Waals surface area contributed by atoms with Crippen molar-refractivity contribution in [1.82, 2.24) is 15.0 Å². The normalized spacial score (nSPS) is 21.2. The first-order chi connectivity index (χ1) is 9.74. The van der Waals surface area contributed by atoms with Gasteiger partial charge >= 0.3 is 5.97 Å². The second kappa shape index (κ2) is 4.14. The van der Waals surface area contributed by atoms with Gasteiger partial charge in [0, 0.05) is 0 Å². The predicted octanol–water partition coefficient (Wildman–Crippen LogP) is 2.67. The van der Waals surface area contributed by atoms with Crippen LogP contribution in [0.4, 0.5) is 0 Å². The van der Waals surface area contributed by atoms with Crippen LogP contribution in [0, 0.1) is 5.92 Å². The molecule has 5 nitrogen and oxygen atoms in total. The van der Waals surface area contributed by atoms with Crippen LogP contribution in [0.5, 0.6) is 0 Å². The molecule has 0 radical (unpaired) electrons. The van der Waals surface area contributed by atoms with Crippen molar-refractivity contribution in [2.45, 2.75) is 12.3 Å². The number of hydrogen-bond acceptors (Lipinski definition) is 4. The molecule has 1 N–H and O–H groups in total. The maximum atomic E-state index is 10.9. The van der Waals surface area contributed by atoms with Crippen LogP contribution in [0.3, 0.4) is 0 Å². The Labute approximate surface area is 118 Å². The lowest BCUT2D eigenvalue weighted by Crippen LogP contribution is -1.98. The van der Waals surface area contributed by atoms with Crippen molar-refractivity contribution in [2.75, 3.05) is 0 Å². The Morgan fingerprint density at radius 2 is 2.25 bits per heavy atom. The Morgan fingerprint density at radius 1 is 1.40 bits per heavy atom. The van der Waals surface area contributed by atoms with Gasteiger partial charge in [-0.15, -0.1) is 16.4 Å². The van der Waals surface area contributed by atoms with Gasteiger partial charge in [-0.25, -0.2) is 4.68 Å². The maximum Gasteiger partial charge on any atom is 0.307 e. The largest absolute Gasteiger partial charge is 0.481 e. The van der Waals surface area contributed by atoms with Crippen LogP contribution in [-0.2, 0) is 4.79 Å². The van der Waals surface area contributed by atoms with Gasteiger partial charge in [-0.05, 0) is 41.5 Å². The molecule has 100 valence electrons. The van der Waals surface area contributed by atoms with Gasteiger partial charge in [-0.2, -0.15) is 0 Å². The van der Waals surface area contributed by atoms with E-state index in [2.05, 4.69) is 10.3 Å². The Morgan fingerprint density at radius 3 is 3.05 bits per heavy atom. The quantitative estimate of drug-likeness (QED) is 0.803. The van der Waals surface area contributed by atoms with Crippen LogP contribution in [0.1, 0.15) is 17.9 Å². The molecule has 0 spiro atoms. The number of carboxylic acids is 1. The van der Waals surface area contributed by atoms with Crippen LogP contribution >= 0.6 is 11.3 Å². The van der Waals surface area contributed by atoms with Crippen LogP contribution in [-0.4, -0.2) is 26.1 Å². The molecule has 1 aliphatic rings. The number of hydrogen-bond donors (Lipinski definition) is 1. The third kappa shape index (κ3) is 1.72. The van der Waals surface area contributed by atoms with Gasteiger partial charge in [0.05, 0.1) is 11.4 Å². The maximum absolute atomic E-state index is 10.9. The van der Waals surface area contributed by atoms with E-state index >= 15 is 0 Å². The molecule has 1 aromatic carbocycles. The molecular weight excluding hydrogens is 274 g/mol. The summed E-state index contributed by atoms with van der Waals surface area (Å²) in [6.07, 6.45) is 0.740. The van der Waals surface area contributed by atoms with E-state index in [0.29, 0.717) is 0 Å². The molecule has 0 bridgehead atoms. The van der Waals surface area contributed by atoms with Crippen LogP contribution < -0.4 is 0 Å². The van der Waals surface area contributed by atoms with E-state index in [1.54, 1.807) is 11.3 Å². The molecule has 2 aromatic heterocycles. The zero-order valence-corrected chi connectivity index (χ0v) is 11.2. The highest BCUT2D eigenvalue weighted by Gasteiger charge is 2.44. The summed E-state index contributed by atoms with van der Waals surface area (Å²) in [4.78, 5) is 10.9. The summed E-state index contributed by atoms with van der Waals surface area (Å²) in [6.45, 7) is 0. The Kier molecular flexibility index (Phi) is 2.40. The third-order valence-electron chi connectivity index (χ3n) is 3.70. The minimum atomic E-state index is -0.700. The molecule has 1 aliphatic carbocycles. The lowest BCUT2D eigenvalue weighted by molar-refractivity contribution is -0.138. The Hall–Kier alpha value is -2.21. The summed E-state index contributed by atoms with van der Waals surface area (Å²) in [7, 11) is 0. The number of aliphatic carboxylic acids is 1. The lowest BCUT2D eigenvalue weighted by atomic mass is 10.2. The first-order valence-corrected chi connectivity index (χ1v) is 7.24. The SMILES string of the molecule is O=C(O)C1CC1c1csc(-n2nnc3ccccc32)c1. The van der Waals surface area contributed by atoms with Gasteiger partial charge in [0.2, 0.25) is 0 Å². The molecule has 2 unspecified atom stereocenters. The summed E-state index contributed by atoms with van der Waals surface area (Å²) >= 11 is 1.57. The van der Waals surface area contributed by atoms with E-state index in [0.717, 1.165) is 28.0 Å². The molecular formula is C14H11N3O2S. The number of thiophene rings is 1. The first-order valence-electron chi connectivity index (χ1n) is 6.36. The number of carboxylic acid groups (broad SMARTS) is 1. The highest BCUT2D eigenvalue weighted by Crippen LogP contribution is 2.49. The number of aromatic nitrogens is 3. The molecule has 0 amide bonds.